The summed E-state index contributed by atoms with van der Waals surface area (Å²) in [6.07, 6.45) is 7.87. The molecule has 5 heteroatoms. The highest BCUT2D eigenvalue weighted by atomic mass is 19.1. The fourth-order valence-electron chi connectivity index (χ4n) is 3.29. The molecule has 2 amide bonds. The van der Waals surface area contributed by atoms with Crippen molar-refractivity contribution in [1.82, 2.24) is 10.6 Å². The summed E-state index contributed by atoms with van der Waals surface area (Å²) in [4.78, 5) is 24.7. The number of nitrogens with one attached hydrogen (secondary N) is 2. The summed E-state index contributed by atoms with van der Waals surface area (Å²) in [5.74, 6) is -0.894. The Morgan fingerprint density at radius 2 is 1.68 bits per heavy atom. The highest BCUT2D eigenvalue weighted by molar-refractivity contribution is 5.99. The summed E-state index contributed by atoms with van der Waals surface area (Å²) in [5, 5.41) is 5.61. The Kier molecular flexibility index (Phi) is 6.95. The van der Waals surface area contributed by atoms with E-state index in [-0.39, 0.29) is 24.2 Å². The van der Waals surface area contributed by atoms with E-state index < -0.39 is 0 Å². The van der Waals surface area contributed by atoms with Gasteiger partial charge in [-0.05, 0) is 56.4 Å². The number of halogens is 1. The Balaban J connectivity index is 1.53. The molecule has 0 unspecified atom stereocenters. The molecule has 2 aromatic rings. The Morgan fingerprint density at radius 1 is 0.929 bits per heavy atom. The lowest BCUT2D eigenvalue weighted by Crippen LogP contribution is -2.26. The topological polar surface area (TPSA) is 58.2 Å². The first-order valence-electron chi connectivity index (χ1n) is 9.71. The van der Waals surface area contributed by atoms with E-state index >= 15 is 0 Å². The normalized spacial score (nSPS) is 13.5. The van der Waals surface area contributed by atoms with E-state index in [9.17, 15) is 14.0 Å². The van der Waals surface area contributed by atoms with Crippen molar-refractivity contribution >= 4 is 11.8 Å². The average molecular weight is 380 g/mol. The monoisotopic (exact) mass is 380 g/mol. The second kappa shape index (κ2) is 9.83. The van der Waals surface area contributed by atoms with E-state index in [4.69, 9.17) is 0 Å². The van der Waals surface area contributed by atoms with Gasteiger partial charge in [-0.2, -0.15) is 0 Å². The highest BCUT2D eigenvalue weighted by Crippen LogP contribution is 2.19. The van der Waals surface area contributed by atoms with Crippen LogP contribution in [0.1, 0.15) is 58.4 Å². The summed E-state index contributed by atoms with van der Waals surface area (Å²) in [7, 11) is 0. The van der Waals surface area contributed by atoms with Crippen LogP contribution in [-0.2, 0) is 6.54 Å². The van der Waals surface area contributed by atoms with Crippen LogP contribution in [-0.4, -0.2) is 18.4 Å². The molecule has 146 valence electrons. The van der Waals surface area contributed by atoms with E-state index in [1.54, 1.807) is 42.5 Å². The molecule has 0 bridgehead atoms. The maximum Gasteiger partial charge on any atom is 0.251 e. The van der Waals surface area contributed by atoms with Crippen LogP contribution in [0.2, 0.25) is 0 Å². The zero-order valence-electron chi connectivity index (χ0n) is 15.8. The second-order valence-corrected chi connectivity index (χ2v) is 6.97. The minimum absolute atomic E-state index is 0.0943. The van der Waals surface area contributed by atoms with Crippen molar-refractivity contribution in [3.63, 3.8) is 0 Å². The molecule has 0 saturated heterocycles. The smallest absolute Gasteiger partial charge is 0.251 e. The zero-order chi connectivity index (χ0) is 19.8. The number of carbonyl (C=O) groups is 2. The average Bonchev–Trinajstić information content (AvgIpc) is 2.74. The number of rotatable bonds is 7. The van der Waals surface area contributed by atoms with E-state index in [1.807, 2.05) is 0 Å². The molecule has 3 rings (SSSR count). The van der Waals surface area contributed by atoms with E-state index in [0.29, 0.717) is 23.2 Å². The van der Waals surface area contributed by atoms with Gasteiger partial charge in [0.1, 0.15) is 5.82 Å². The van der Waals surface area contributed by atoms with Gasteiger partial charge in [0.15, 0.2) is 0 Å². The Morgan fingerprint density at radius 3 is 2.39 bits per heavy atom. The summed E-state index contributed by atoms with van der Waals surface area (Å²) in [5.41, 5.74) is 2.64. The van der Waals surface area contributed by atoms with Crippen LogP contribution >= 0.6 is 0 Å². The first-order valence-corrected chi connectivity index (χ1v) is 9.71. The lowest BCUT2D eigenvalue weighted by Gasteiger charge is -2.13. The lowest BCUT2D eigenvalue weighted by atomic mass is 9.97. The molecule has 4 nitrogen and oxygen atoms in total. The quantitative estimate of drug-likeness (QED) is 0.701. The Labute approximate surface area is 164 Å². The first-order chi connectivity index (χ1) is 13.6. The maximum absolute atomic E-state index is 13.7. The summed E-state index contributed by atoms with van der Waals surface area (Å²) in [6, 6.07) is 12.9. The van der Waals surface area contributed by atoms with Crippen LogP contribution in [0, 0.1) is 5.82 Å². The number of hydrogen-bond acceptors (Lipinski definition) is 2. The largest absolute Gasteiger partial charge is 0.352 e. The number of benzene rings is 2. The van der Waals surface area contributed by atoms with Crippen molar-refractivity contribution in [3.05, 3.63) is 82.7 Å². The van der Waals surface area contributed by atoms with Crippen LogP contribution in [0.3, 0.4) is 0 Å². The number of hydrogen-bond donors (Lipinski definition) is 2. The molecular formula is C23H25FN2O2. The molecule has 1 aliphatic rings. The molecule has 0 aromatic heterocycles. The summed E-state index contributed by atoms with van der Waals surface area (Å²) < 4.78 is 13.7. The fraction of sp³-hybridized carbons (Fsp3) is 0.304. The molecule has 0 fully saturated rings. The third kappa shape index (κ3) is 5.52. The van der Waals surface area contributed by atoms with Crippen LogP contribution in [0.25, 0.3) is 0 Å². The minimum Gasteiger partial charge on any atom is -0.352 e. The summed E-state index contributed by atoms with van der Waals surface area (Å²) >= 11 is 0. The van der Waals surface area contributed by atoms with Crippen molar-refractivity contribution in [1.29, 1.82) is 0 Å². The van der Waals surface area contributed by atoms with Gasteiger partial charge in [-0.25, -0.2) is 4.39 Å². The van der Waals surface area contributed by atoms with Gasteiger partial charge < -0.3 is 10.6 Å². The first kappa shape index (κ1) is 19.8. The van der Waals surface area contributed by atoms with Gasteiger partial charge in [0.25, 0.3) is 11.8 Å². The predicted molar refractivity (Wildman–Crippen MR) is 108 cm³/mol. The van der Waals surface area contributed by atoms with Gasteiger partial charge in [-0.1, -0.05) is 35.9 Å². The number of carbonyl (C=O) groups excluding carboxylic acids is 2. The molecule has 2 N–H and O–H groups in total. The van der Waals surface area contributed by atoms with Crippen LogP contribution in [0.4, 0.5) is 4.39 Å². The fourth-order valence-corrected chi connectivity index (χ4v) is 3.29. The van der Waals surface area contributed by atoms with Crippen molar-refractivity contribution in [3.8, 4) is 0 Å². The van der Waals surface area contributed by atoms with Gasteiger partial charge in [0, 0.05) is 29.8 Å². The van der Waals surface area contributed by atoms with Crippen molar-refractivity contribution in [2.45, 2.75) is 38.6 Å². The third-order valence-corrected chi connectivity index (χ3v) is 4.90. The van der Waals surface area contributed by atoms with Crippen molar-refractivity contribution in [2.75, 3.05) is 6.54 Å². The molecule has 2 aromatic carbocycles. The van der Waals surface area contributed by atoms with Crippen LogP contribution < -0.4 is 10.6 Å². The van der Waals surface area contributed by atoms with Crippen molar-refractivity contribution in [2.24, 2.45) is 0 Å². The van der Waals surface area contributed by atoms with Crippen LogP contribution in [0.5, 0.6) is 0 Å². The molecule has 28 heavy (non-hydrogen) atoms. The van der Waals surface area contributed by atoms with Gasteiger partial charge in [0.05, 0.1) is 0 Å². The Bertz CT molecular complexity index is 876. The van der Waals surface area contributed by atoms with Gasteiger partial charge in [-0.3, -0.25) is 9.59 Å². The number of amides is 2. The predicted octanol–water partition coefficient (Wildman–Crippen LogP) is 4.38. The molecular weight excluding hydrogens is 355 g/mol. The van der Waals surface area contributed by atoms with Gasteiger partial charge in [0.2, 0.25) is 0 Å². The van der Waals surface area contributed by atoms with Crippen LogP contribution in [0.15, 0.2) is 60.2 Å². The van der Waals surface area contributed by atoms with E-state index in [2.05, 4.69) is 16.7 Å². The van der Waals surface area contributed by atoms with E-state index in [1.165, 1.54) is 24.5 Å². The standard InChI is InChI=1S/C23H25FN2O2/c24-21-12-5-4-9-20(21)16-26-23(28)19-11-6-10-18(15-19)22(27)25-14-13-17-7-2-1-3-8-17/h4-7,9-12,15H,1-3,8,13-14,16H2,(H,25,27)(H,26,28). The molecule has 1 aliphatic carbocycles. The van der Waals surface area contributed by atoms with Gasteiger partial charge >= 0.3 is 0 Å². The SMILES string of the molecule is O=C(NCCC1=CCCCC1)c1cccc(C(=O)NCc2ccccc2F)c1. The molecule has 0 saturated carbocycles. The minimum atomic E-state index is -0.357. The van der Waals surface area contributed by atoms with Crippen molar-refractivity contribution < 1.29 is 14.0 Å². The second-order valence-electron chi connectivity index (χ2n) is 6.97. The summed E-state index contributed by atoms with van der Waals surface area (Å²) in [6.45, 7) is 0.686. The van der Waals surface area contributed by atoms with Gasteiger partial charge in [-0.15, -0.1) is 0 Å². The molecule has 0 atom stereocenters. The molecule has 0 heterocycles. The third-order valence-electron chi connectivity index (χ3n) is 4.90. The zero-order valence-corrected chi connectivity index (χ0v) is 15.8. The highest BCUT2D eigenvalue weighted by Gasteiger charge is 2.11. The molecule has 0 radical (unpaired) electrons. The molecule has 0 spiro atoms. The lowest BCUT2D eigenvalue weighted by molar-refractivity contribution is 0.0950. The molecule has 0 aliphatic heterocycles. The Hall–Kier alpha value is -2.95. The number of allylic oxidation sites excluding steroid dienone is 1. The van der Waals surface area contributed by atoms with E-state index in [0.717, 1.165) is 19.3 Å². The maximum atomic E-state index is 13.7.